The van der Waals surface area contributed by atoms with Gasteiger partial charge in [-0.3, -0.25) is 4.55 Å². The molecule has 0 saturated heterocycles. The molecule has 4 nitrogen and oxygen atoms in total. The van der Waals surface area contributed by atoms with Gasteiger partial charge in [-0.25, -0.2) is 0 Å². The molecule has 1 aliphatic rings. The molecule has 0 radical (unpaired) electrons. The minimum Gasteiger partial charge on any atom is -0.282 e. The van der Waals surface area contributed by atoms with Crippen molar-refractivity contribution in [3.05, 3.63) is 74.8 Å². The summed E-state index contributed by atoms with van der Waals surface area (Å²) in [7, 11) is -5.35. The summed E-state index contributed by atoms with van der Waals surface area (Å²) in [6.07, 6.45) is -4.98. The third-order valence-electron chi connectivity index (χ3n) is 5.10. The summed E-state index contributed by atoms with van der Waals surface area (Å²) in [5.74, 6) is 0. The van der Waals surface area contributed by atoms with Crippen LogP contribution in [0.15, 0.2) is 47.4 Å². The van der Waals surface area contributed by atoms with Crippen LogP contribution in [0.3, 0.4) is 0 Å². The van der Waals surface area contributed by atoms with E-state index < -0.39 is 32.3 Å². The van der Waals surface area contributed by atoms with Crippen LogP contribution in [0, 0.1) is 11.3 Å². The number of nitrogens with zero attached hydrogens (tertiary/aromatic N) is 1. The molecule has 0 saturated carbocycles. The van der Waals surface area contributed by atoms with Crippen molar-refractivity contribution in [1.82, 2.24) is 0 Å². The Morgan fingerprint density at radius 3 is 2.32 bits per heavy atom. The Morgan fingerprint density at radius 1 is 1.03 bits per heavy atom. The number of nitriles is 1. The highest BCUT2D eigenvalue weighted by Gasteiger charge is 2.42. The molecule has 10 heteroatoms. The van der Waals surface area contributed by atoms with Gasteiger partial charge in [0, 0.05) is 11.1 Å². The molecule has 0 amide bonds. The van der Waals surface area contributed by atoms with Gasteiger partial charge in [0.2, 0.25) is 0 Å². The largest absolute Gasteiger partial charge is 0.417 e. The van der Waals surface area contributed by atoms with Crippen molar-refractivity contribution >= 4 is 33.3 Å². The molecule has 0 aliphatic heterocycles. The molecule has 0 aromatic heterocycles. The molecule has 0 atom stereocenters. The van der Waals surface area contributed by atoms with Crippen LogP contribution in [0.4, 0.5) is 13.2 Å². The summed E-state index contributed by atoms with van der Waals surface area (Å²) < 4.78 is 76.1. The van der Waals surface area contributed by atoms with Gasteiger partial charge in [-0.15, -0.1) is 0 Å². The fraction of sp³-hybridized carbons (Fsp3) is 0.0952. The molecule has 0 bridgehead atoms. The number of halogens is 5. The average molecular weight is 484 g/mol. The number of rotatable bonds is 2. The van der Waals surface area contributed by atoms with Crippen LogP contribution in [-0.2, 0) is 22.7 Å². The Balaban J connectivity index is 2.24. The van der Waals surface area contributed by atoms with E-state index in [4.69, 9.17) is 23.2 Å². The van der Waals surface area contributed by atoms with E-state index in [1.165, 1.54) is 12.1 Å². The van der Waals surface area contributed by atoms with Crippen LogP contribution >= 0.6 is 23.2 Å². The lowest BCUT2D eigenvalue weighted by Crippen LogP contribution is -2.16. The highest BCUT2D eigenvalue weighted by molar-refractivity contribution is 7.86. The molecule has 0 heterocycles. The lowest BCUT2D eigenvalue weighted by molar-refractivity contribution is -0.139. The first-order chi connectivity index (χ1) is 14.4. The topological polar surface area (TPSA) is 78.2 Å². The van der Waals surface area contributed by atoms with Crippen molar-refractivity contribution in [2.75, 3.05) is 0 Å². The fourth-order valence-electron chi connectivity index (χ4n) is 3.87. The quantitative estimate of drug-likeness (QED) is 0.336. The number of hydrogen-bond acceptors (Lipinski definition) is 3. The maximum atomic E-state index is 13.9. The molecule has 3 aromatic carbocycles. The van der Waals surface area contributed by atoms with E-state index in [1.54, 1.807) is 30.3 Å². The Labute approximate surface area is 185 Å². The minimum atomic E-state index is -5.35. The lowest BCUT2D eigenvalue weighted by atomic mass is 9.91. The van der Waals surface area contributed by atoms with Crippen molar-refractivity contribution in [2.24, 2.45) is 0 Å². The fourth-order valence-corrected chi connectivity index (χ4v) is 5.36. The third kappa shape index (κ3) is 3.48. The van der Waals surface area contributed by atoms with Gasteiger partial charge in [-0.05, 0) is 40.8 Å². The normalized spacial score (nSPS) is 12.9. The van der Waals surface area contributed by atoms with Crippen molar-refractivity contribution in [3.8, 4) is 28.3 Å². The zero-order valence-corrected chi connectivity index (χ0v) is 17.6. The van der Waals surface area contributed by atoms with Gasteiger partial charge in [0.1, 0.15) is 11.0 Å². The summed E-state index contributed by atoms with van der Waals surface area (Å²) in [5, 5.41) is 9.00. The summed E-state index contributed by atoms with van der Waals surface area (Å²) in [4.78, 5) is -1.31. The number of fused-ring (bicyclic) bond motifs is 3. The Morgan fingerprint density at radius 2 is 1.71 bits per heavy atom. The lowest BCUT2D eigenvalue weighted by Gasteiger charge is -2.20. The standard InChI is InChI=1S/C21H10Cl2F3NO3S/c22-17-6-5-12(19(23)15(17)9-27)18-14-7-10-3-1-2-4-11(10)13(14)8-16(21(24,25)26)20(18)31(28,29)30/h1-6,8H,7H2,(H,28,29,30). The predicted octanol–water partition coefficient (Wildman–Crippen LogP) is 6.37. The molecule has 3 aromatic rings. The van der Waals surface area contributed by atoms with E-state index >= 15 is 0 Å². The van der Waals surface area contributed by atoms with Gasteiger partial charge in [0.15, 0.2) is 0 Å². The molecule has 1 aliphatic carbocycles. The van der Waals surface area contributed by atoms with E-state index in [-0.39, 0.29) is 38.7 Å². The van der Waals surface area contributed by atoms with Crippen molar-refractivity contribution < 1.29 is 26.1 Å². The van der Waals surface area contributed by atoms with Gasteiger partial charge in [0.05, 0.1) is 21.2 Å². The summed E-state index contributed by atoms with van der Waals surface area (Å²) in [6, 6.07) is 11.7. The van der Waals surface area contributed by atoms with Gasteiger partial charge < -0.3 is 0 Å². The maximum Gasteiger partial charge on any atom is 0.417 e. The van der Waals surface area contributed by atoms with Crippen molar-refractivity contribution in [2.45, 2.75) is 17.5 Å². The Hall–Kier alpha value is -2.57. The predicted molar refractivity (Wildman–Crippen MR) is 110 cm³/mol. The van der Waals surface area contributed by atoms with E-state index in [9.17, 15) is 31.4 Å². The smallest absolute Gasteiger partial charge is 0.282 e. The summed E-state index contributed by atoms with van der Waals surface area (Å²) >= 11 is 12.2. The summed E-state index contributed by atoms with van der Waals surface area (Å²) in [6.45, 7) is 0. The van der Waals surface area contributed by atoms with Gasteiger partial charge in [-0.2, -0.15) is 26.9 Å². The SMILES string of the molecule is N#Cc1c(Cl)ccc(-c2c3c(cc(C(F)(F)F)c2S(=O)(=O)O)-c2ccccc2C3)c1Cl. The van der Waals surface area contributed by atoms with Crippen molar-refractivity contribution in [1.29, 1.82) is 5.26 Å². The molecule has 31 heavy (non-hydrogen) atoms. The van der Waals surface area contributed by atoms with Gasteiger partial charge >= 0.3 is 6.18 Å². The second-order valence-corrected chi connectivity index (χ2v) is 9.00. The second-order valence-electron chi connectivity index (χ2n) is 6.86. The first-order valence-corrected chi connectivity index (χ1v) is 10.9. The summed E-state index contributed by atoms with van der Waals surface area (Å²) in [5.41, 5.74) is -0.674. The van der Waals surface area contributed by atoms with Gasteiger partial charge in [0.25, 0.3) is 10.1 Å². The maximum absolute atomic E-state index is 13.9. The van der Waals surface area contributed by atoms with Crippen LogP contribution < -0.4 is 0 Å². The highest BCUT2D eigenvalue weighted by atomic mass is 35.5. The van der Waals surface area contributed by atoms with Crippen LogP contribution in [0.1, 0.15) is 22.3 Å². The van der Waals surface area contributed by atoms with E-state index in [0.717, 1.165) is 6.07 Å². The zero-order chi connectivity index (χ0) is 22.7. The molecular formula is C21H10Cl2F3NO3S. The molecule has 0 fully saturated rings. The molecular weight excluding hydrogens is 474 g/mol. The minimum absolute atomic E-state index is 0.0448. The number of benzene rings is 3. The monoisotopic (exact) mass is 483 g/mol. The Bertz CT molecular complexity index is 1410. The average Bonchev–Trinajstić information content (AvgIpc) is 3.04. The van der Waals surface area contributed by atoms with E-state index in [0.29, 0.717) is 11.1 Å². The van der Waals surface area contributed by atoms with Crippen LogP contribution in [0.25, 0.3) is 22.3 Å². The van der Waals surface area contributed by atoms with Gasteiger partial charge in [-0.1, -0.05) is 53.5 Å². The third-order valence-corrected chi connectivity index (χ3v) is 6.75. The molecule has 4 rings (SSSR count). The van der Waals surface area contributed by atoms with E-state index in [2.05, 4.69) is 0 Å². The van der Waals surface area contributed by atoms with Crippen LogP contribution in [0.2, 0.25) is 10.0 Å². The van der Waals surface area contributed by atoms with Crippen molar-refractivity contribution in [3.63, 3.8) is 0 Å². The Kier molecular flexibility index (Phi) is 5.06. The molecule has 0 unspecified atom stereocenters. The number of hydrogen-bond donors (Lipinski definition) is 1. The molecule has 158 valence electrons. The zero-order valence-electron chi connectivity index (χ0n) is 15.3. The number of alkyl halides is 3. The second kappa shape index (κ2) is 7.24. The first kappa shape index (κ1) is 21.7. The van der Waals surface area contributed by atoms with E-state index in [1.807, 2.05) is 0 Å². The molecule has 0 spiro atoms. The highest BCUT2D eigenvalue weighted by Crippen LogP contribution is 2.51. The molecule has 1 N–H and O–H groups in total. The first-order valence-electron chi connectivity index (χ1n) is 8.66. The van der Waals surface area contributed by atoms with Crippen LogP contribution in [0.5, 0.6) is 0 Å². The van der Waals surface area contributed by atoms with Crippen LogP contribution in [-0.4, -0.2) is 13.0 Å².